The standard InChI is InChI=1S/C24H27F3N6O2/c1-13-18(6-5-7-20(13)24(25,26)27)14(2)29-23-19-10-17(11-28-22(19)15(3)30-31-23)33-9-8-32(16(4)34)12-21(33)35/h5-7,10-11,14,21,35H,8-9,12H2,1-4H3,(H,29,31)/t14-,21?/m1/s1. The highest BCUT2D eigenvalue weighted by Gasteiger charge is 2.33. The topological polar surface area (TPSA) is 94.5 Å². The van der Waals surface area contributed by atoms with Crippen LogP contribution in [-0.4, -0.2) is 57.0 Å². The predicted octanol–water partition coefficient (Wildman–Crippen LogP) is 3.82. The summed E-state index contributed by atoms with van der Waals surface area (Å²) in [4.78, 5) is 19.5. The molecule has 0 bridgehead atoms. The van der Waals surface area contributed by atoms with Gasteiger partial charge in [0.15, 0.2) is 5.82 Å². The van der Waals surface area contributed by atoms with Crippen molar-refractivity contribution in [1.82, 2.24) is 20.1 Å². The van der Waals surface area contributed by atoms with Crippen LogP contribution in [-0.2, 0) is 11.0 Å². The molecule has 2 aromatic heterocycles. The van der Waals surface area contributed by atoms with E-state index in [1.165, 1.54) is 19.9 Å². The van der Waals surface area contributed by atoms with E-state index >= 15 is 0 Å². The van der Waals surface area contributed by atoms with Gasteiger partial charge >= 0.3 is 6.18 Å². The highest BCUT2D eigenvalue weighted by molar-refractivity contribution is 5.92. The Morgan fingerprint density at radius 1 is 1.23 bits per heavy atom. The number of nitrogens with zero attached hydrogens (tertiary/aromatic N) is 5. The number of nitrogens with one attached hydrogen (secondary N) is 1. The molecule has 1 aliphatic heterocycles. The number of rotatable bonds is 4. The Labute approximate surface area is 200 Å². The van der Waals surface area contributed by atoms with Crippen LogP contribution >= 0.6 is 0 Å². The summed E-state index contributed by atoms with van der Waals surface area (Å²) in [7, 11) is 0. The Bertz CT molecular complexity index is 1270. The van der Waals surface area contributed by atoms with Crippen molar-refractivity contribution in [3.8, 4) is 0 Å². The lowest BCUT2D eigenvalue weighted by molar-refractivity contribution is -0.138. The van der Waals surface area contributed by atoms with Crippen LogP contribution < -0.4 is 10.2 Å². The average Bonchev–Trinajstić information content (AvgIpc) is 2.80. The molecule has 0 saturated carbocycles. The van der Waals surface area contributed by atoms with E-state index in [9.17, 15) is 23.1 Å². The maximum atomic E-state index is 13.4. The van der Waals surface area contributed by atoms with Gasteiger partial charge in [0.25, 0.3) is 0 Å². The molecule has 1 saturated heterocycles. The second kappa shape index (κ2) is 9.29. The van der Waals surface area contributed by atoms with Crippen molar-refractivity contribution in [1.29, 1.82) is 0 Å². The quantitative estimate of drug-likeness (QED) is 0.577. The summed E-state index contributed by atoms with van der Waals surface area (Å²) in [6, 6.07) is 5.45. The van der Waals surface area contributed by atoms with E-state index < -0.39 is 24.0 Å². The van der Waals surface area contributed by atoms with Gasteiger partial charge in [0.2, 0.25) is 5.91 Å². The van der Waals surface area contributed by atoms with E-state index in [0.29, 0.717) is 46.8 Å². The van der Waals surface area contributed by atoms with Gasteiger partial charge < -0.3 is 20.2 Å². The monoisotopic (exact) mass is 488 g/mol. The number of hydrogen-bond acceptors (Lipinski definition) is 7. The number of anilines is 2. The molecule has 186 valence electrons. The number of carbonyl (C=O) groups excluding carboxylic acids is 1. The smallest absolute Gasteiger partial charge is 0.372 e. The average molecular weight is 489 g/mol. The highest BCUT2D eigenvalue weighted by Crippen LogP contribution is 2.36. The van der Waals surface area contributed by atoms with Gasteiger partial charge in [0, 0.05) is 25.4 Å². The molecule has 1 unspecified atom stereocenters. The van der Waals surface area contributed by atoms with Gasteiger partial charge in [-0.05, 0) is 44.0 Å². The lowest BCUT2D eigenvalue weighted by Crippen LogP contribution is -2.54. The summed E-state index contributed by atoms with van der Waals surface area (Å²) in [5.41, 5.74) is 1.81. The fourth-order valence-electron chi connectivity index (χ4n) is 4.48. The first-order valence-corrected chi connectivity index (χ1v) is 11.2. The van der Waals surface area contributed by atoms with Gasteiger partial charge in [-0.1, -0.05) is 12.1 Å². The van der Waals surface area contributed by atoms with E-state index in [-0.39, 0.29) is 18.0 Å². The molecule has 3 heterocycles. The number of β-amino-alcohol motifs (C(OH)–C–C–N with tert-alkyl or cyclic N) is 1. The van der Waals surface area contributed by atoms with Crippen LogP contribution in [0.3, 0.4) is 0 Å². The SMILES string of the molecule is CC(=O)N1CCN(c2cnc3c(C)nnc(N[C@H](C)c4cccc(C(F)(F)F)c4C)c3c2)C(O)C1. The zero-order chi connectivity index (χ0) is 25.5. The van der Waals surface area contributed by atoms with Crippen molar-refractivity contribution in [2.45, 2.75) is 46.1 Å². The zero-order valence-electron chi connectivity index (χ0n) is 19.9. The Morgan fingerprint density at radius 3 is 2.63 bits per heavy atom. The fourth-order valence-corrected chi connectivity index (χ4v) is 4.48. The fraction of sp³-hybridized carbons (Fsp3) is 0.417. The minimum absolute atomic E-state index is 0.100. The van der Waals surface area contributed by atoms with Gasteiger partial charge in [0.05, 0.1) is 41.2 Å². The number of fused-ring (bicyclic) bond motifs is 1. The Hall–Kier alpha value is -3.47. The predicted molar refractivity (Wildman–Crippen MR) is 126 cm³/mol. The number of hydrogen-bond donors (Lipinski definition) is 2. The number of pyridine rings is 1. The van der Waals surface area contributed by atoms with E-state index in [4.69, 9.17) is 0 Å². The highest BCUT2D eigenvalue weighted by atomic mass is 19.4. The normalized spacial score (nSPS) is 17.5. The third-order valence-electron chi connectivity index (χ3n) is 6.40. The molecule has 2 N–H and O–H groups in total. The zero-order valence-corrected chi connectivity index (χ0v) is 19.9. The van der Waals surface area contributed by atoms with E-state index in [2.05, 4.69) is 20.5 Å². The number of aliphatic hydroxyl groups excluding tert-OH is 1. The summed E-state index contributed by atoms with van der Waals surface area (Å²) in [6.45, 7) is 7.52. The minimum Gasteiger partial charge on any atom is -0.372 e. The second-order valence-corrected chi connectivity index (χ2v) is 8.75. The van der Waals surface area contributed by atoms with Gasteiger partial charge in [-0.25, -0.2) is 0 Å². The molecule has 11 heteroatoms. The number of amides is 1. The summed E-state index contributed by atoms with van der Waals surface area (Å²) < 4.78 is 40.2. The van der Waals surface area contributed by atoms with Crippen molar-refractivity contribution in [2.24, 2.45) is 0 Å². The molecule has 1 amide bonds. The molecule has 0 aliphatic carbocycles. The number of aryl methyl sites for hydroxylation is 1. The van der Waals surface area contributed by atoms with E-state index in [1.807, 2.05) is 6.07 Å². The Morgan fingerprint density at radius 2 is 1.97 bits per heavy atom. The molecule has 8 nitrogen and oxygen atoms in total. The molecule has 0 radical (unpaired) electrons. The lowest BCUT2D eigenvalue weighted by atomic mass is 9.97. The molecule has 1 aliphatic rings. The Balaban J connectivity index is 1.68. The van der Waals surface area contributed by atoms with Crippen molar-refractivity contribution < 1.29 is 23.1 Å². The van der Waals surface area contributed by atoms with Crippen molar-refractivity contribution in [2.75, 3.05) is 29.9 Å². The number of benzene rings is 1. The maximum absolute atomic E-state index is 13.4. The summed E-state index contributed by atoms with van der Waals surface area (Å²) >= 11 is 0. The van der Waals surface area contributed by atoms with E-state index in [0.717, 1.165) is 6.07 Å². The Kier molecular flexibility index (Phi) is 6.54. The molecule has 1 aromatic carbocycles. The number of carbonyl (C=O) groups is 1. The largest absolute Gasteiger partial charge is 0.416 e. The van der Waals surface area contributed by atoms with Crippen LogP contribution in [0.25, 0.3) is 10.9 Å². The third-order valence-corrected chi connectivity index (χ3v) is 6.40. The number of halogens is 3. The van der Waals surface area contributed by atoms with Gasteiger partial charge in [-0.2, -0.15) is 18.3 Å². The van der Waals surface area contributed by atoms with Gasteiger partial charge in [-0.3, -0.25) is 9.78 Å². The van der Waals surface area contributed by atoms with Crippen LogP contribution in [0.4, 0.5) is 24.7 Å². The number of aromatic nitrogens is 3. The molecule has 3 aromatic rings. The second-order valence-electron chi connectivity index (χ2n) is 8.75. The van der Waals surface area contributed by atoms with Crippen LogP contribution in [0.5, 0.6) is 0 Å². The first kappa shape index (κ1) is 24.6. The number of piperazine rings is 1. The van der Waals surface area contributed by atoms with Gasteiger partial charge in [0.1, 0.15) is 6.23 Å². The van der Waals surface area contributed by atoms with Crippen LogP contribution in [0.15, 0.2) is 30.5 Å². The maximum Gasteiger partial charge on any atom is 0.416 e. The molecule has 1 fully saturated rings. The third kappa shape index (κ3) is 4.86. The molecular formula is C24H27F3N6O2. The van der Waals surface area contributed by atoms with Gasteiger partial charge in [-0.15, -0.1) is 5.10 Å². The van der Waals surface area contributed by atoms with Crippen molar-refractivity contribution >= 4 is 28.3 Å². The molecular weight excluding hydrogens is 461 g/mol. The molecule has 4 rings (SSSR count). The summed E-state index contributed by atoms with van der Waals surface area (Å²) in [5, 5.41) is 22.9. The molecule has 0 spiro atoms. The molecule has 35 heavy (non-hydrogen) atoms. The first-order valence-electron chi connectivity index (χ1n) is 11.2. The van der Waals surface area contributed by atoms with Crippen molar-refractivity contribution in [3.63, 3.8) is 0 Å². The first-order chi connectivity index (χ1) is 16.5. The molecule has 2 atom stereocenters. The number of alkyl halides is 3. The van der Waals surface area contributed by atoms with E-state index in [1.54, 1.807) is 35.9 Å². The van der Waals surface area contributed by atoms with Crippen LogP contribution in [0, 0.1) is 13.8 Å². The summed E-state index contributed by atoms with van der Waals surface area (Å²) in [5.74, 6) is 0.276. The number of aliphatic hydroxyl groups is 1. The van der Waals surface area contributed by atoms with Crippen LogP contribution in [0.1, 0.15) is 42.3 Å². The van der Waals surface area contributed by atoms with Crippen LogP contribution in [0.2, 0.25) is 0 Å². The van der Waals surface area contributed by atoms with Crippen molar-refractivity contribution in [3.05, 3.63) is 52.8 Å². The lowest BCUT2D eigenvalue weighted by Gasteiger charge is -2.39. The summed E-state index contributed by atoms with van der Waals surface area (Å²) in [6.07, 6.45) is -3.71. The minimum atomic E-state index is -4.44.